The maximum Gasteiger partial charge on any atom is 0.219 e. The highest BCUT2D eigenvalue weighted by atomic mass is 16.5. The van der Waals surface area contributed by atoms with Crippen LogP contribution in [-0.2, 0) is 15.7 Å². The smallest absolute Gasteiger partial charge is 0.219 e. The van der Waals surface area contributed by atoms with Crippen LogP contribution in [0, 0.1) is 17.8 Å². The quantitative estimate of drug-likeness (QED) is 0.781. The van der Waals surface area contributed by atoms with Crippen LogP contribution in [0.25, 0.3) is 0 Å². The molecule has 2 aliphatic carbocycles. The summed E-state index contributed by atoms with van der Waals surface area (Å²) in [5, 5.41) is 0. The van der Waals surface area contributed by atoms with Crippen molar-refractivity contribution in [2.24, 2.45) is 23.5 Å². The molecule has 0 spiro atoms. The zero-order valence-corrected chi connectivity index (χ0v) is 17.6. The van der Waals surface area contributed by atoms with Gasteiger partial charge in [0, 0.05) is 12.3 Å². The molecule has 2 N–H and O–H groups in total. The molecule has 3 aliphatic rings. The Balaban J connectivity index is 1.27. The first-order chi connectivity index (χ1) is 13.9. The highest BCUT2D eigenvalue weighted by molar-refractivity contribution is 5.35. The van der Waals surface area contributed by atoms with E-state index in [1.807, 2.05) is 12.1 Å². The van der Waals surface area contributed by atoms with Crippen molar-refractivity contribution in [2.45, 2.75) is 56.9 Å². The molecule has 2 saturated carbocycles. The lowest BCUT2D eigenvalue weighted by molar-refractivity contribution is -0.0570. The van der Waals surface area contributed by atoms with Crippen molar-refractivity contribution in [1.82, 2.24) is 4.98 Å². The molecule has 2 bridgehead atoms. The number of ether oxygens (including phenoxy) is 2. The second-order valence-electron chi connectivity index (χ2n) is 10.2. The van der Waals surface area contributed by atoms with Crippen LogP contribution < -0.4 is 10.5 Å². The Labute approximate surface area is 173 Å². The molecule has 2 unspecified atom stereocenters. The van der Waals surface area contributed by atoms with Crippen LogP contribution in [0.2, 0.25) is 0 Å². The first kappa shape index (κ1) is 19.1. The number of aromatic nitrogens is 1. The third-order valence-electron chi connectivity index (χ3n) is 7.42. The third-order valence-corrected chi connectivity index (χ3v) is 7.42. The van der Waals surface area contributed by atoms with Crippen LogP contribution in [-0.4, -0.2) is 18.2 Å². The van der Waals surface area contributed by atoms with Gasteiger partial charge in [0.2, 0.25) is 5.88 Å². The average Bonchev–Trinajstić information content (AvgIpc) is 2.66. The minimum atomic E-state index is -0.390. The van der Waals surface area contributed by atoms with Crippen molar-refractivity contribution in [2.75, 3.05) is 13.2 Å². The lowest BCUT2D eigenvalue weighted by Crippen LogP contribution is -2.54. The summed E-state index contributed by atoms with van der Waals surface area (Å²) >= 11 is 0. The van der Waals surface area contributed by atoms with Gasteiger partial charge in [0.05, 0.1) is 18.8 Å². The Morgan fingerprint density at radius 2 is 1.62 bits per heavy atom. The molecule has 29 heavy (non-hydrogen) atoms. The van der Waals surface area contributed by atoms with E-state index in [0.29, 0.717) is 24.5 Å². The van der Waals surface area contributed by atoms with Gasteiger partial charge in [-0.25, -0.2) is 4.98 Å². The average molecular weight is 393 g/mol. The lowest BCUT2D eigenvalue weighted by atomic mass is 9.58. The zero-order chi connectivity index (χ0) is 20.1. The molecule has 2 aromatic rings. The molecule has 1 aliphatic heterocycles. The van der Waals surface area contributed by atoms with Crippen molar-refractivity contribution in [3.8, 4) is 11.6 Å². The van der Waals surface area contributed by atoms with Gasteiger partial charge in [-0.15, -0.1) is 0 Å². The number of rotatable bonds is 4. The lowest BCUT2D eigenvalue weighted by Gasteiger charge is -2.47. The highest BCUT2D eigenvalue weighted by Gasteiger charge is 2.41. The summed E-state index contributed by atoms with van der Waals surface area (Å²) in [5.41, 5.74) is 8.62. The summed E-state index contributed by atoms with van der Waals surface area (Å²) in [6.45, 7) is 6.00. The van der Waals surface area contributed by atoms with Gasteiger partial charge in [0.15, 0.2) is 0 Å². The fraction of sp³-hybridized carbons (Fsp3) is 0.560. The number of benzene rings is 1. The second-order valence-corrected chi connectivity index (χ2v) is 10.2. The molecule has 1 aromatic carbocycles. The molecule has 1 aromatic heterocycles. The molecular weight excluding hydrogens is 360 g/mol. The van der Waals surface area contributed by atoms with Crippen LogP contribution in [0.4, 0.5) is 0 Å². The molecule has 3 fully saturated rings. The molecule has 154 valence electrons. The molecule has 0 amide bonds. The molecule has 1 saturated heterocycles. The summed E-state index contributed by atoms with van der Waals surface area (Å²) in [5.74, 6) is 4.12. The van der Waals surface area contributed by atoms with E-state index in [4.69, 9.17) is 15.2 Å². The standard InChI is InChI=1S/C25H32N2O2/c1-17-9-18-11-19(10-17)13-24(2,12-18)20-3-6-22(7-4-20)29-23-8-5-21(14-27-23)25(26)15-28-16-25/h3-8,14,17-19H,9-13,15-16,26H2,1-2H3. The van der Waals surface area contributed by atoms with E-state index >= 15 is 0 Å². The van der Waals surface area contributed by atoms with E-state index in [1.54, 1.807) is 6.20 Å². The Morgan fingerprint density at radius 1 is 0.966 bits per heavy atom. The number of hydrogen-bond donors (Lipinski definition) is 1. The SMILES string of the molecule is CC1CC2CC(C1)CC(C)(c1ccc(Oc3ccc(C4(N)COC4)cn3)cc1)C2. The number of hydrogen-bond acceptors (Lipinski definition) is 4. The number of fused-ring (bicyclic) bond motifs is 2. The predicted octanol–water partition coefficient (Wildman–Crippen LogP) is 5.16. The van der Waals surface area contributed by atoms with E-state index in [-0.39, 0.29) is 0 Å². The number of nitrogens with zero attached hydrogens (tertiary/aromatic N) is 1. The summed E-state index contributed by atoms with van der Waals surface area (Å²) in [4.78, 5) is 4.44. The summed E-state index contributed by atoms with van der Waals surface area (Å²) in [7, 11) is 0. The molecule has 0 radical (unpaired) electrons. The van der Waals surface area contributed by atoms with Gasteiger partial charge in [-0.2, -0.15) is 0 Å². The van der Waals surface area contributed by atoms with E-state index in [0.717, 1.165) is 29.1 Å². The third kappa shape index (κ3) is 3.69. The zero-order valence-electron chi connectivity index (χ0n) is 17.6. The van der Waals surface area contributed by atoms with E-state index in [1.165, 1.54) is 37.7 Å². The van der Waals surface area contributed by atoms with Gasteiger partial charge in [-0.3, -0.25) is 0 Å². The van der Waals surface area contributed by atoms with E-state index < -0.39 is 5.54 Å². The van der Waals surface area contributed by atoms with Crippen LogP contribution in [0.1, 0.15) is 57.1 Å². The molecule has 2 heterocycles. The molecule has 4 heteroatoms. The van der Waals surface area contributed by atoms with Crippen molar-refractivity contribution in [3.63, 3.8) is 0 Å². The topological polar surface area (TPSA) is 57.4 Å². The normalized spacial score (nSPS) is 33.0. The maximum atomic E-state index is 6.26. The first-order valence-corrected chi connectivity index (χ1v) is 11.0. The van der Waals surface area contributed by atoms with Gasteiger partial charge in [-0.05, 0) is 78.5 Å². The van der Waals surface area contributed by atoms with E-state index in [9.17, 15) is 0 Å². The van der Waals surface area contributed by atoms with Crippen LogP contribution >= 0.6 is 0 Å². The summed E-state index contributed by atoms with van der Waals surface area (Å²) in [6, 6.07) is 12.6. The Hall–Kier alpha value is -1.91. The van der Waals surface area contributed by atoms with Gasteiger partial charge in [0.25, 0.3) is 0 Å². The first-order valence-electron chi connectivity index (χ1n) is 11.0. The molecule has 4 nitrogen and oxygen atoms in total. The van der Waals surface area contributed by atoms with Gasteiger partial charge in [0.1, 0.15) is 5.75 Å². The van der Waals surface area contributed by atoms with Crippen LogP contribution in [0.5, 0.6) is 11.6 Å². The predicted molar refractivity (Wildman–Crippen MR) is 114 cm³/mol. The van der Waals surface area contributed by atoms with Gasteiger partial charge >= 0.3 is 0 Å². The van der Waals surface area contributed by atoms with Crippen LogP contribution in [0.3, 0.4) is 0 Å². The molecular formula is C25H32N2O2. The van der Waals surface area contributed by atoms with Gasteiger partial charge < -0.3 is 15.2 Å². The number of nitrogens with two attached hydrogens (primary N) is 1. The maximum absolute atomic E-state index is 6.26. The van der Waals surface area contributed by atoms with Crippen LogP contribution in [0.15, 0.2) is 42.6 Å². The fourth-order valence-corrected chi connectivity index (χ4v) is 6.09. The molecule has 5 rings (SSSR count). The minimum absolute atomic E-state index is 0.298. The fourth-order valence-electron chi connectivity index (χ4n) is 6.09. The van der Waals surface area contributed by atoms with Crippen molar-refractivity contribution in [1.29, 1.82) is 0 Å². The second kappa shape index (κ2) is 7.10. The van der Waals surface area contributed by atoms with Crippen molar-refractivity contribution in [3.05, 3.63) is 53.7 Å². The Morgan fingerprint density at radius 3 is 2.17 bits per heavy atom. The van der Waals surface area contributed by atoms with E-state index in [2.05, 4.69) is 43.1 Å². The minimum Gasteiger partial charge on any atom is -0.439 e. The van der Waals surface area contributed by atoms with Crippen molar-refractivity contribution >= 4 is 0 Å². The van der Waals surface area contributed by atoms with Crippen molar-refractivity contribution < 1.29 is 9.47 Å². The number of pyridine rings is 1. The largest absolute Gasteiger partial charge is 0.439 e. The highest BCUT2D eigenvalue weighted by Crippen LogP contribution is 2.51. The monoisotopic (exact) mass is 392 g/mol. The summed E-state index contributed by atoms with van der Waals surface area (Å²) in [6.07, 6.45) is 8.70. The molecule has 2 atom stereocenters. The Kier molecular flexibility index (Phi) is 4.67. The summed E-state index contributed by atoms with van der Waals surface area (Å²) < 4.78 is 11.2. The Bertz CT molecular complexity index is 839. The van der Waals surface area contributed by atoms with Gasteiger partial charge in [-0.1, -0.05) is 32.0 Å².